The molecule has 28 heavy (non-hydrogen) atoms. The maximum Gasteiger partial charge on any atom is 0.273 e. The molecule has 0 aliphatic carbocycles. The molecule has 0 spiro atoms. The maximum absolute atomic E-state index is 12.0. The molecule has 0 aliphatic heterocycles. The summed E-state index contributed by atoms with van der Waals surface area (Å²) >= 11 is 5.89. The van der Waals surface area contributed by atoms with Gasteiger partial charge in [-0.2, -0.15) is 5.10 Å². The molecule has 0 unspecified atom stereocenters. The standard InChI is InChI=1S/C22H19ClN2O3/c23-19-12-10-16(11-13-19)15-28-20-9-5-4-8-18(20)14-24-25-22(27)21(26)17-6-2-1-3-7-17/h1-14,21,26H,15H2,(H,25,27)/b24-14-/t21-/m1/s1. The van der Waals surface area contributed by atoms with Crippen molar-refractivity contribution in [2.45, 2.75) is 12.7 Å². The fraction of sp³-hybridized carbons (Fsp3) is 0.0909. The highest BCUT2D eigenvalue weighted by molar-refractivity contribution is 6.30. The van der Waals surface area contributed by atoms with E-state index in [2.05, 4.69) is 10.5 Å². The number of rotatable bonds is 7. The topological polar surface area (TPSA) is 70.9 Å². The summed E-state index contributed by atoms with van der Waals surface area (Å²) in [5, 5.41) is 14.7. The molecule has 0 aliphatic rings. The van der Waals surface area contributed by atoms with Crippen LogP contribution in [-0.4, -0.2) is 17.2 Å². The minimum Gasteiger partial charge on any atom is -0.488 e. The Labute approximate surface area is 168 Å². The van der Waals surface area contributed by atoms with E-state index in [1.807, 2.05) is 42.5 Å². The van der Waals surface area contributed by atoms with Crippen LogP contribution in [0.4, 0.5) is 0 Å². The van der Waals surface area contributed by atoms with Gasteiger partial charge in [0.2, 0.25) is 0 Å². The van der Waals surface area contributed by atoms with Gasteiger partial charge < -0.3 is 9.84 Å². The van der Waals surface area contributed by atoms with Crippen molar-refractivity contribution in [3.8, 4) is 5.75 Å². The first kappa shape index (κ1) is 19.6. The van der Waals surface area contributed by atoms with Gasteiger partial charge >= 0.3 is 0 Å². The van der Waals surface area contributed by atoms with Gasteiger partial charge in [-0.05, 0) is 35.4 Å². The maximum atomic E-state index is 12.0. The molecule has 0 radical (unpaired) electrons. The molecule has 142 valence electrons. The first-order valence-electron chi connectivity index (χ1n) is 8.65. The largest absolute Gasteiger partial charge is 0.488 e. The average molecular weight is 395 g/mol. The molecular weight excluding hydrogens is 376 g/mol. The van der Waals surface area contributed by atoms with Crippen LogP contribution in [0.2, 0.25) is 5.02 Å². The molecule has 3 aromatic carbocycles. The molecule has 3 rings (SSSR count). The Bertz CT molecular complexity index is 944. The van der Waals surface area contributed by atoms with Crippen molar-refractivity contribution in [3.63, 3.8) is 0 Å². The van der Waals surface area contributed by atoms with Crippen LogP contribution in [0.15, 0.2) is 84.0 Å². The zero-order valence-electron chi connectivity index (χ0n) is 15.0. The van der Waals surface area contributed by atoms with Crippen LogP contribution >= 0.6 is 11.6 Å². The number of carbonyl (C=O) groups is 1. The number of benzene rings is 3. The summed E-state index contributed by atoms with van der Waals surface area (Å²) in [7, 11) is 0. The highest BCUT2D eigenvalue weighted by Crippen LogP contribution is 2.18. The number of para-hydroxylation sites is 1. The minimum absolute atomic E-state index is 0.376. The summed E-state index contributed by atoms with van der Waals surface area (Å²) in [5.74, 6) is 0.0149. The lowest BCUT2D eigenvalue weighted by Crippen LogP contribution is -2.25. The molecule has 0 bridgehead atoms. The zero-order valence-corrected chi connectivity index (χ0v) is 15.7. The van der Waals surface area contributed by atoms with Crippen LogP contribution in [-0.2, 0) is 11.4 Å². The second-order valence-electron chi connectivity index (χ2n) is 6.00. The fourth-order valence-corrected chi connectivity index (χ4v) is 2.60. The van der Waals surface area contributed by atoms with E-state index in [1.54, 1.807) is 36.4 Å². The summed E-state index contributed by atoms with van der Waals surface area (Å²) < 4.78 is 5.84. The van der Waals surface area contributed by atoms with Crippen LogP contribution in [0, 0.1) is 0 Å². The van der Waals surface area contributed by atoms with Gasteiger partial charge in [0, 0.05) is 10.6 Å². The van der Waals surface area contributed by atoms with Crippen molar-refractivity contribution in [3.05, 3.63) is 101 Å². The number of hydrazone groups is 1. The number of amides is 1. The molecule has 0 saturated heterocycles. The summed E-state index contributed by atoms with van der Waals surface area (Å²) in [6, 6.07) is 23.4. The van der Waals surface area contributed by atoms with E-state index in [0.717, 1.165) is 5.56 Å². The van der Waals surface area contributed by atoms with E-state index in [9.17, 15) is 9.90 Å². The van der Waals surface area contributed by atoms with Crippen LogP contribution in [0.5, 0.6) is 5.75 Å². The Morgan fingerprint density at radius 3 is 2.46 bits per heavy atom. The Hall–Kier alpha value is -3.15. The minimum atomic E-state index is -1.28. The van der Waals surface area contributed by atoms with Gasteiger partial charge in [-0.3, -0.25) is 4.79 Å². The monoisotopic (exact) mass is 394 g/mol. The zero-order chi connectivity index (χ0) is 19.8. The molecule has 0 aromatic heterocycles. The summed E-state index contributed by atoms with van der Waals surface area (Å²) in [4.78, 5) is 12.0. The van der Waals surface area contributed by atoms with Crippen LogP contribution in [0.1, 0.15) is 22.8 Å². The smallest absolute Gasteiger partial charge is 0.273 e. The van der Waals surface area contributed by atoms with Gasteiger partial charge in [0.15, 0.2) is 6.10 Å². The number of aliphatic hydroxyl groups excluding tert-OH is 1. The third-order valence-electron chi connectivity index (χ3n) is 3.97. The van der Waals surface area contributed by atoms with Crippen LogP contribution < -0.4 is 10.2 Å². The van der Waals surface area contributed by atoms with Gasteiger partial charge in [0.05, 0.1) is 6.21 Å². The van der Waals surface area contributed by atoms with Crippen LogP contribution in [0.3, 0.4) is 0 Å². The molecule has 3 aromatic rings. The summed E-state index contributed by atoms with van der Waals surface area (Å²) in [6.45, 7) is 0.376. The number of hydrogen-bond acceptors (Lipinski definition) is 4. The molecule has 2 N–H and O–H groups in total. The molecule has 6 heteroatoms. The van der Waals surface area contributed by atoms with Gasteiger partial charge in [-0.15, -0.1) is 0 Å². The lowest BCUT2D eigenvalue weighted by molar-refractivity contribution is -0.129. The summed E-state index contributed by atoms with van der Waals surface area (Å²) in [6.07, 6.45) is 0.196. The SMILES string of the molecule is O=C(N/N=C\c1ccccc1OCc1ccc(Cl)cc1)[C@H](O)c1ccccc1. The van der Waals surface area contributed by atoms with E-state index < -0.39 is 12.0 Å². The second-order valence-corrected chi connectivity index (χ2v) is 6.44. The highest BCUT2D eigenvalue weighted by Gasteiger charge is 2.16. The van der Waals surface area contributed by atoms with Crippen molar-refractivity contribution < 1.29 is 14.6 Å². The number of hydrogen-bond donors (Lipinski definition) is 2. The van der Waals surface area contributed by atoms with Gasteiger partial charge in [-0.1, -0.05) is 66.2 Å². The Morgan fingerprint density at radius 1 is 1.04 bits per heavy atom. The predicted octanol–water partition coefficient (Wildman–Crippen LogP) is 4.10. The van der Waals surface area contributed by atoms with E-state index in [0.29, 0.717) is 28.5 Å². The number of carbonyl (C=O) groups excluding carboxylic acids is 1. The Balaban J connectivity index is 1.61. The first-order valence-corrected chi connectivity index (χ1v) is 9.03. The molecule has 1 atom stereocenters. The fourth-order valence-electron chi connectivity index (χ4n) is 2.47. The first-order chi connectivity index (χ1) is 13.6. The van der Waals surface area contributed by atoms with E-state index in [1.165, 1.54) is 6.21 Å². The average Bonchev–Trinajstić information content (AvgIpc) is 2.74. The number of aliphatic hydroxyl groups is 1. The highest BCUT2D eigenvalue weighted by atomic mass is 35.5. The van der Waals surface area contributed by atoms with Crippen LogP contribution in [0.25, 0.3) is 0 Å². The second kappa shape index (κ2) is 9.69. The molecule has 5 nitrogen and oxygen atoms in total. The number of halogens is 1. The molecular formula is C22H19ClN2O3. The third-order valence-corrected chi connectivity index (χ3v) is 4.22. The number of ether oxygens (including phenoxy) is 1. The number of nitrogens with one attached hydrogen (secondary N) is 1. The van der Waals surface area contributed by atoms with Gasteiger partial charge in [-0.25, -0.2) is 5.43 Å². The number of nitrogens with zero attached hydrogens (tertiary/aromatic N) is 1. The Kier molecular flexibility index (Phi) is 6.78. The normalized spacial score (nSPS) is 11.9. The predicted molar refractivity (Wildman–Crippen MR) is 109 cm³/mol. The third kappa shape index (κ3) is 5.42. The van der Waals surface area contributed by atoms with Gasteiger partial charge in [0.1, 0.15) is 12.4 Å². The summed E-state index contributed by atoms with van der Waals surface area (Å²) in [5.41, 5.74) is 4.53. The van der Waals surface area contributed by atoms with Crippen molar-refractivity contribution in [1.82, 2.24) is 5.43 Å². The molecule has 1 amide bonds. The molecule has 0 saturated carbocycles. The van der Waals surface area contributed by atoms with E-state index in [4.69, 9.17) is 16.3 Å². The lowest BCUT2D eigenvalue weighted by Gasteiger charge is -2.10. The van der Waals surface area contributed by atoms with Crippen molar-refractivity contribution >= 4 is 23.7 Å². The van der Waals surface area contributed by atoms with Gasteiger partial charge in [0.25, 0.3) is 5.91 Å². The lowest BCUT2D eigenvalue weighted by atomic mass is 10.1. The van der Waals surface area contributed by atoms with Crippen molar-refractivity contribution in [1.29, 1.82) is 0 Å². The molecule has 0 heterocycles. The molecule has 0 fully saturated rings. The van der Waals surface area contributed by atoms with E-state index >= 15 is 0 Å². The quantitative estimate of drug-likeness (QED) is 0.468. The van der Waals surface area contributed by atoms with E-state index in [-0.39, 0.29) is 0 Å². The van der Waals surface area contributed by atoms with Crippen molar-refractivity contribution in [2.24, 2.45) is 5.10 Å². The Morgan fingerprint density at radius 2 is 1.71 bits per heavy atom. The van der Waals surface area contributed by atoms with Crippen molar-refractivity contribution in [2.75, 3.05) is 0 Å².